The summed E-state index contributed by atoms with van der Waals surface area (Å²) in [6, 6.07) is 0.486. The number of benzene rings is 1. The molecule has 0 fully saturated rings. The van der Waals surface area contributed by atoms with Crippen molar-refractivity contribution in [3.05, 3.63) is 33.4 Å². The fourth-order valence-corrected chi connectivity index (χ4v) is 2.98. The molecule has 0 aliphatic rings. The number of nitrogens with one attached hydrogen (secondary N) is 1. The van der Waals surface area contributed by atoms with Crippen molar-refractivity contribution in [1.82, 2.24) is 5.32 Å². The van der Waals surface area contributed by atoms with Crippen LogP contribution in [0.15, 0.2) is 0 Å². The molecule has 0 aromatic heterocycles. The second-order valence-electron chi connectivity index (χ2n) is 6.35. The Morgan fingerprint density at radius 1 is 0.737 bits per heavy atom. The Bertz CT molecular complexity index is 414. The quantitative estimate of drug-likeness (QED) is 0.793. The van der Waals surface area contributed by atoms with Crippen LogP contribution in [-0.4, -0.2) is 7.05 Å². The average Bonchev–Trinajstić information content (AvgIpc) is 2.37. The van der Waals surface area contributed by atoms with Gasteiger partial charge in [-0.15, -0.1) is 0 Å². The van der Waals surface area contributed by atoms with Crippen molar-refractivity contribution in [2.75, 3.05) is 7.05 Å². The summed E-state index contributed by atoms with van der Waals surface area (Å²) in [6.07, 6.45) is 2.49. The predicted octanol–water partition coefficient (Wildman–Crippen LogP) is 4.93. The molecule has 1 rings (SSSR count). The number of hydrogen-bond acceptors (Lipinski definition) is 1. The van der Waals surface area contributed by atoms with Crippen LogP contribution in [0.3, 0.4) is 0 Å². The van der Waals surface area contributed by atoms with Gasteiger partial charge in [-0.1, -0.05) is 13.8 Å². The molecule has 1 aromatic rings. The average molecular weight is 261 g/mol. The van der Waals surface area contributed by atoms with Gasteiger partial charge in [0.1, 0.15) is 0 Å². The highest BCUT2D eigenvalue weighted by atomic mass is 14.9. The van der Waals surface area contributed by atoms with Crippen LogP contribution in [-0.2, 0) is 0 Å². The first-order valence-electron chi connectivity index (χ1n) is 7.55. The summed E-state index contributed by atoms with van der Waals surface area (Å²) in [5.41, 5.74) is 8.86. The van der Waals surface area contributed by atoms with Gasteiger partial charge in [0.25, 0.3) is 0 Å². The lowest BCUT2D eigenvalue weighted by Gasteiger charge is -2.26. The van der Waals surface area contributed by atoms with Crippen LogP contribution in [0, 0.1) is 40.5 Å². The molecular weight excluding hydrogens is 230 g/mol. The van der Waals surface area contributed by atoms with E-state index in [1.165, 1.54) is 46.2 Å². The Labute approximate surface area is 119 Å². The second-order valence-corrected chi connectivity index (χ2v) is 6.35. The third-order valence-corrected chi connectivity index (χ3v) is 4.79. The molecule has 1 unspecified atom stereocenters. The first-order chi connectivity index (χ1) is 8.81. The van der Waals surface area contributed by atoms with Gasteiger partial charge < -0.3 is 5.32 Å². The minimum absolute atomic E-state index is 0.486. The van der Waals surface area contributed by atoms with E-state index in [2.05, 4.69) is 60.8 Å². The summed E-state index contributed by atoms with van der Waals surface area (Å²) >= 11 is 0. The van der Waals surface area contributed by atoms with E-state index in [1.54, 1.807) is 0 Å². The van der Waals surface area contributed by atoms with Crippen molar-refractivity contribution in [3.8, 4) is 0 Å². The fraction of sp³-hybridized carbons (Fsp3) is 0.667. The van der Waals surface area contributed by atoms with Crippen molar-refractivity contribution in [1.29, 1.82) is 0 Å². The molecule has 0 spiro atoms. The Hall–Kier alpha value is -0.820. The first-order valence-corrected chi connectivity index (χ1v) is 7.55. The SMILES string of the molecule is CNC(CCC(C)C)c1c(C)c(C)c(C)c(C)c1C. The molecule has 108 valence electrons. The van der Waals surface area contributed by atoms with Crippen LogP contribution < -0.4 is 5.32 Å². The molecule has 1 heteroatoms. The van der Waals surface area contributed by atoms with Crippen LogP contribution in [0.2, 0.25) is 0 Å². The molecule has 0 amide bonds. The summed E-state index contributed by atoms with van der Waals surface area (Å²) in [4.78, 5) is 0. The van der Waals surface area contributed by atoms with E-state index in [0.717, 1.165) is 5.92 Å². The topological polar surface area (TPSA) is 12.0 Å². The fourth-order valence-electron chi connectivity index (χ4n) is 2.98. The highest BCUT2D eigenvalue weighted by Crippen LogP contribution is 2.32. The molecule has 0 saturated carbocycles. The van der Waals surface area contributed by atoms with E-state index >= 15 is 0 Å². The Morgan fingerprint density at radius 2 is 1.16 bits per heavy atom. The van der Waals surface area contributed by atoms with Gasteiger partial charge in [-0.3, -0.25) is 0 Å². The second kappa shape index (κ2) is 6.56. The normalized spacial score (nSPS) is 13.1. The van der Waals surface area contributed by atoms with Crippen LogP contribution >= 0.6 is 0 Å². The molecule has 1 aromatic carbocycles. The van der Waals surface area contributed by atoms with E-state index in [1.807, 2.05) is 0 Å². The van der Waals surface area contributed by atoms with Gasteiger partial charge in [0.15, 0.2) is 0 Å². The summed E-state index contributed by atoms with van der Waals surface area (Å²) in [5, 5.41) is 3.53. The van der Waals surface area contributed by atoms with Crippen molar-refractivity contribution in [2.45, 2.75) is 67.3 Å². The number of rotatable bonds is 5. The van der Waals surface area contributed by atoms with Gasteiger partial charge in [-0.2, -0.15) is 0 Å². The van der Waals surface area contributed by atoms with E-state index in [4.69, 9.17) is 0 Å². The number of hydrogen-bond donors (Lipinski definition) is 1. The van der Waals surface area contributed by atoms with Crippen molar-refractivity contribution >= 4 is 0 Å². The summed E-state index contributed by atoms with van der Waals surface area (Å²) in [5.74, 6) is 0.768. The molecule has 1 N–H and O–H groups in total. The van der Waals surface area contributed by atoms with Crippen LogP contribution in [0.1, 0.15) is 66.1 Å². The first kappa shape index (κ1) is 16.2. The van der Waals surface area contributed by atoms with E-state index in [-0.39, 0.29) is 0 Å². The van der Waals surface area contributed by atoms with Crippen LogP contribution in [0.4, 0.5) is 0 Å². The molecule has 0 radical (unpaired) electrons. The third-order valence-electron chi connectivity index (χ3n) is 4.79. The zero-order valence-corrected chi connectivity index (χ0v) is 14.1. The zero-order chi connectivity index (χ0) is 14.7. The molecule has 0 aliphatic heterocycles. The van der Waals surface area contributed by atoms with E-state index in [9.17, 15) is 0 Å². The largest absolute Gasteiger partial charge is 0.313 e. The maximum atomic E-state index is 3.53. The summed E-state index contributed by atoms with van der Waals surface area (Å²) < 4.78 is 0. The Morgan fingerprint density at radius 3 is 1.53 bits per heavy atom. The van der Waals surface area contributed by atoms with Crippen molar-refractivity contribution < 1.29 is 0 Å². The highest BCUT2D eigenvalue weighted by molar-refractivity contribution is 5.50. The monoisotopic (exact) mass is 261 g/mol. The maximum absolute atomic E-state index is 3.53. The summed E-state index contributed by atoms with van der Waals surface area (Å²) in [7, 11) is 2.09. The molecule has 19 heavy (non-hydrogen) atoms. The van der Waals surface area contributed by atoms with Crippen molar-refractivity contribution in [3.63, 3.8) is 0 Å². The summed E-state index contributed by atoms with van der Waals surface area (Å²) in [6.45, 7) is 15.9. The zero-order valence-electron chi connectivity index (χ0n) is 14.1. The minimum Gasteiger partial charge on any atom is -0.313 e. The van der Waals surface area contributed by atoms with Gasteiger partial charge in [-0.25, -0.2) is 0 Å². The predicted molar refractivity (Wildman–Crippen MR) is 86.0 cm³/mol. The van der Waals surface area contributed by atoms with Gasteiger partial charge in [0, 0.05) is 6.04 Å². The van der Waals surface area contributed by atoms with Gasteiger partial charge in [-0.05, 0) is 93.8 Å². The lowest BCUT2D eigenvalue weighted by atomic mass is 9.84. The van der Waals surface area contributed by atoms with Gasteiger partial charge in [0.2, 0.25) is 0 Å². The molecular formula is C18H31N. The van der Waals surface area contributed by atoms with Crippen LogP contribution in [0.5, 0.6) is 0 Å². The Kier molecular flexibility index (Phi) is 5.61. The Balaban J connectivity index is 3.24. The molecule has 1 atom stereocenters. The van der Waals surface area contributed by atoms with Gasteiger partial charge in [0.05, 0.1) is 0 Å². The van der Waals surface area contributed by atoms with E-state index in [0.29, 0.717) is 6.04 Å². The van der Waals surface area contributed by atoms with Crippen molar-refractivity contribution in [2.24, 2.45) is 5.92 Å². The lowest BCUT2D eigenvalue weighted by Crippen LogP contribution is -2.20. The van der Waals surface area contributed by atoms with Crippen LogP contribution in [0.25, 0.3) is 0 Å². The van der Waals surface area contributed by atoms with Gasteiger partial charge >= 0.3 is 0 Å². The minimum atomic E-state index is 0.486. The molecule has 0 saturated heterocycles. The lowest BCUT2D eigenvalue weighted by molar-refractivity contribution is 0.462. The standard InChI is InChI=1S/C18H31N/c1-11(2)9-10-17(19-8)18-15(6)13(4)12(3)14(5)16(18)7/h11,17,19H,9-10H2,1-8H3. The van der Waals surface area contributed by atoms with E-state index < -0.39 is 0 Å². The molecule has 1 nitrogen and oxygen atoms in total. The molecule has 0 bridgehead atoms. The maximum Gasteiger partial charge on any atom is 0.0323 e. The molecule has 0 heterocycles. The highest BCUT2D eigenvalue weighted by Gasteiger charge is 2.19. The third kappa shape index (κ3) is 3.39. The smallest absolute Gasteiger partial charge is 0.0323 e. The molecule has 0 aliphatic carbocycles.